The van der Waals surface area contributed by atoms with E-state index in [9.17, 15) is 4.79 Å². The van der Waals surface area contributed by atoms with Crippen LogP contribution in [0.2, 0.25) is 0 Å². The lowest BCUT2D eigenvalue weighted by Crippen LogP contribution is -2.49. The topological polar surface area (TPSA) is 44.8 Å². The molecule has 1 rings (SSSR count). The second kappa shape index (κ2) is 6.33. The molecule has 0 bridgehead atoms. The molecule has 0 radical (unpaired) electrons. The summed E-state index contributed by atoms with van der Waals surface area (Å²) in [6.07, 6.45) is 0. The Balaban J connectivity index is 2.18. The zero-order valence-electron chi connectivity index (χ0n) is 11.5. The molecule has 0 aromatic carbocycles. The van der Waals surface area contributed by atoms with Gasteiger partial charge in [-0.25, -0.2) is 0 Å². The van der Waals surface area contributed by atoms with Crippen LogP contribution in [0.25, 0.3) is 0 Å². The SMILES string of the molecule is COC(C)(C)C(=O)NCCN1CCN(C)CC1. The van der Waals surface area contributed by atoms with Crippen LogP contribution in [0.5, 0.6) is 0 Å². The first kappa shape index (κ1) is 14.4. The van der Waals surface area contributed by atoms with E-state index >= 15 is 0 Å². The van der Waals surface area contributed by atoms with Crippen molar-refractivity contribution in [3.63, 3.8) is 0 Å². The molecule has 17 heavy (non-hydrogen) atoms. The van der Waals surface area contributed by atoms with E-state index in [1.54, 1.807) is 21.0 Å². The maximum Gasteiger partial charge on any atom is 0.251 e. The van der Waals surface area contributed by atoms with Crippen molar-refractivity contribution in [2.75, 3.05) is 53.4 Å². The number of carbonyl (C=O) groups is 1. The van der Waals surface area contributed by atoms with Gasteiger partial charge in [-0.15, -0.1) is 0 Å². The standard InChI is InChI=1S/C12H25N3O2/c1-12(2,17-4)11(16)13-5-6-15-9-7-14(3)8-10-15/h5-10H2,1-4H3,(H,13,16). The second-order valence-electron chi connectivity index (χ2n) is 5.12. The van der Waals surface area contributed by atoms with Crippen LogP contribution in [-0.4, -0.2) is 74.7 Å². The number of amides is 1. The summed E-state index contributed by atoms with van der Waals surface area (Å²) in [5, 5.41) is 2.91. The van der Waals surface area contributed by atoms with Gasteiger partial charge in [0.25, 0.3) is 5.91 Å². The molecular formula is C12H25N3O2. The van der Waals surface area contributed by atoms with Gasteiger partial charge in [-0.2, -0.15) is 0 Å². The maximum absolute atomic E-state index is 11.7. The minimum Gasteiger partial charge on any atom is -0.369 e. The Kier molecular flexibility index (Phi) is 5.36. The Morgan fingerprint density at radius 1 is 1.29 bits per heavy atom. The summed E-state index contributed by atoms with van der Waals surface area (Å²) in [6, 6.07) is 0. The van der Waals surface area contributed by atoms with Crippen LogP contribution in [0.4, 0.5) is 0 Å². The third-order valence-electron chi connectivity index (χ3n) is 3.37. The molecule has 1 fully saturated rings. The predicted octanol–water partition coefficient (Wildman–Crippen LogP) is -0.225. The molecule has 0 atom stereocenters. The van der Waals surface area contributed by atoms with Crippen molar-refractivity contribution < 1.29 is 9.53 Å². The summed E-state index contributed by atoms with van der Waals surface area (Å²) in [7, 11) is 3.69. The first-order chi connectivity index (χ1) is 7.95. The number of hydrogen-bond acceptors (Lipinski definition) is 4. The highest BCUT2D eigenvalue weighted by atomic mass is 16.5. The molecule has 5 heteroatoms. The number of ether oxygens (including phenoxy) is 1. The Hall–Kier alpha value is -0.650. The molecule has 0 aromatic rings. The van der Waals surface area contributed by atoms with E-state index in [-0.39, 0.29) is 5.91 Å². The summed E-state index contributed by atoms with van der Waals surface area (Å²) in [6.45, 7) is 9.54. The quantitative estimate of drug-likeness (QED) is 0.725. The van der Waals surface area contributed by atoms with Crippen molar-refractivity contribution in [1.29, 1.82) is 0 Å². The monoisotopic (exact) mass is 243 g/mol. The highest BCUT2D eigenvalue weighted by Crippen LogP contribution is 2.06. The number of nitrogens with one attached hydrogen (secondary N) is 1. The van der Waals surface area contributed by atoms with E-state index in [1.165, 1.54) is 0 Å². The summed E-state index contributed by atoms with van der Waals surface area (Å²) in [4.78, 5) is 16.4. The zero-order chi connectivity index (χ0) is 12.9. The number of piperazine rings is 1. The lowest BCUT2D eigenvalue weighted by atomic mass is 10.1. The van der Waals surface area contributed by atoms with Crippen LogP contribution < -0.4 is 5.32 Å². The maximum atomic E-state index is 11.7. The van der Waals surface area contributed by atoms with E-state index in [0.29, 0.717) is 6.54 Å². The largest absolute Gasteiger partial charge is 0.369 e. The molecule has 0 aromatic heterocycles. The van der Waals surface area contributed by atoms with Crippen LogP contribution in [0, 0.1) is 0 Å². The highest BCUT2D eigenvalue weighted by Gasteiger charge is 2.26. The van der Waals surface area contributed by atoms with Gasteiger partial charge in [0.2, 0.25) is 0 Å². The number of likely N-dealkylation sites (N-methyl/N-ethyl adjacent to an activating group) is 1. The summed E-state index contributed by atoms with van der Waals surface area (Å²) >= 11 is 0. The molecule has 1 N–H and O–H groups in total. The van der Waals surface area contributed by atoms with Crippen molar-refractivity contribution in [3.05, 3.63) is 0 Å². The Labute approximate surface area is 104 Å². The average molecular weight is 243 g/mol. The minimum absolute atomic E-state index is 0.0471. The minimum atomic E-state index is -0.734. The van der Waals surface area contributed by atoms with Gasteiger partial charge in [0, 0.05) is 46.4 Å². The summed E-state index contributed by atoms with van der Waals surface area (Å²) < 4.78 is 5.12. The van der Waals surface area contributed by atoms with Crippen molar-refractivity contribution in [2.24, 2.45) is 0 Å². The third-order valence-corrected chi connectivity index (χ3v) is 3.37. The lowest BCUT2D eigenvalue weighted by Gasteiger charge is -2.32. The first-order valence-corrected chi connectivity index (χ1v) is 6.20. The molecule has 1 aliphatic rings. The molecule has 5 nitrogen and oxygen atoms in total. The molecule has 100 valence electrons. The predicted molar refractivity (Wildman–Crippen MR) is 68.0 cm³/mol. The van der Waals surface area contributed by atoms with Gasteiger partial charge < -0.3 is 15.0 Å². The Morgan fingerprint density at radius 2 is 1.88 bits per heavy atom. The van der Waals surface area contributed by atoms with E-state index < -0.39 is 5.60 Å². The van der Waals surface area contributed by atoms with Crippen molar-refractivity contribution in [3.8, 4) is 0 Å². The van der Waals surface area contributed by atoms with E-state index in [2.05, 4.69) is 22.2 Å². The molecule has 1 amide bonds. The van der Waals surface area contributed by atoms with Gasteiger partial charge in [0.15, 0.2) is 0 Å². The second-order valence-corrected chi connectivity index (χ2v) is 5.12. The number of nitrogens with zero attached hydrogens (tertiary/aromatic N) is 2. The molecule has 0 aliphatic carbocycles. The lowest BCUT2D eigenvalue weighted by molar-refractivity contribution is -0.139. The molecular weight excluding hydrogens is 218 g/mol. The number of methoxy groups -OCH3 is 1. The van der Waals surface area contributed by atoms with Crippen LogP contribution in [-0.2, 0) is 9.53 Å². The van der Waals surface area contributed by atoms with Crippen molar-refractivity contribution in [2.45, 2.75) is 19.4 Å². The van der Waals surface area contributed by atoms with Gasteiger partial charge in [-0.05, 0) is 20.9 Å². The van der Waals surface area contributed by atoms with Gasteiger partial charge >= 0.3 is 0 Å². The fraction of sp³-hybridized carbons (Fsp3) is 0.917. The fourth-order valence-electron chi connectivity index (χ4n) is 1.70. The van der Waals surface area contributed by atoms with Crippen LogP contribution >= 0.6 is 0 Å². The van der Waals surface area contributed by atoms with E-state index in [1.807, 2.05) is 0 Å². The van der Waals surface area contributed by atoms with Crippen molar-refractivity contribution >= 4 is 5.91 Å². The average Bonchev–Trinajstić information content (AvgIpc) is 2.31. The molecule has 0 saturated carbocycles. The van der Waals surface area contributed by atoms with Gasteiger partial charge in [-0.1, -0.05) is 0 Å². The van der Waals surface area contributed by atoms with Gasteiger partial charge in [-0.3, -0.25) is 9.69 Å². The molecule has 1 heterocycles. The van der Waals surface area contributed by atoms with Crippen LogP contribution in [0.15, 0.2) is 0 Å². The molecule has 1 aliphatic heterocycles. The summed E-state index contributed by atoms with van der Waals surface area (Å²) in [5.74, 6) is -0.0471. The molecule has 0 unspecified atom stereocenters. The Morgan fingerprint density at radius 3 is 2.41 bits per heavy atom. The number of carbonyl (C=O) groups excluding carboxylic acids is 1. The molecule has 0 spiro atoms. The third kappa shape index (κ3) is 4.61. The van der Waals surface area contributed by atoms with Crippen LogP contribution in [0.3, 0.4) is 0 Å². The smallest absolute Gasteiger partial charge is 0.251 e. The normalized spacial score (nSPS) is 19.3. The van der Waals surface area contributed by atoms with Crippen LogP contribution in [0.1, 0.15) is 13.8 Å². The zero-order valence-corrected chi connectivity index (χ0v) is 11.5. The highest BCUT2D eigenvalue weighted by molar-refractivity contribution is 5.84. The van der Waals surface area contributed by atoms with E-state index in [0.717, 1.165) is 32.7 Å². The summed E-state index contributed by atoms with van der Waals surface area (Å²) in [5.41, 5.74) is -0.734. The fourth-order valence-corrected chi connectivity index (χ4v) is 1.70. The first-order valence-electron chi connectivity index (χ1n) is 6.20. The Bertz CT molecular complexity index is 248. The van der Waals surface area contributed by atoms with E-state index in [4.69, 9.17) is 4.74 Å². The van der Waals surface area contributed by atoms with Crippen molar-refractivity contribution in [1.82, 2.24) is 15.1 Å². The number of hydrogen-bond donors (Lipinski definition) is 1. The van der Waals surface area contributed by atoms with Gasteiger partial charge in [0.1, 0.15) is 5.60 Å². The van der Waals surface area contributed by atoms with Gasteiger partial charge in [0.05, 0.1) is 0 Å². The number of rotatable bonds is 5. The molecule has 1 saturated heterocycles.